The van der Waals surface area contributed by atoms with Crippen molar-refractivity contribution in [1.29, 1.82) is 0 Å². The van der Waals surface area contributed by atoms with Crippen molar-refractivity contribution in [3.05, 3.63) is 34.6 Å². The van der Waals surface area contributed by atoms with E-state index in [0.717, 1.165) is 36.0 Å². The summed E-state index contributed by atoms with van der Waals surface area (Å²) in [5.41, 5.74) is 0.743. The van der Waals surface area contributed by atoms with Crippen LogP contribution in [-0.2, 0) is 11.3 Å². The first-order valence-electron chi connectivity index (χ1n) is 8.93. The average Bonchev–Trinajstić information content (AvgIpc) is 3.02. The first kappa shape index (κ1) is 19.0. The van der Waals surface area contributed by atoms with Crippen LogP contribution < -0.4 is 5.32 Å². The predicted molar refractivity (Wildman–Crippen MR) is 103 cm³/mol. The third kappa shape index (κ3) is 5.14. The number of carbonyl (C=O) groups excluding carboxylic acids is 1. The summed E-state index contributed by atoms with van der Waals surface area (Å²) in [6, 6.07) is 7.83. The standard InChI is InChI=1S/C19H25BrN4O2/c1-19(2,3)22-18(25)13-7-9-24(10-8-13)12-16-21-17(23-26-16)14-5-4-6-15(20)11-14/h4-6,11,13H,7-10,12H2,1-3H3,(H,22,25). The second kappa shape index (κ2) is 7.88. The number of hydrogen-bond acceptors (Lipinski definition) is 5. The molecule has 0 saturated carbocycles. The number of nitrogens with zero attached hydrogens (tertiary/aromatic N) is 3. The minimum Gasteiger partial charge on any atom is -0.351 e. The highest BCUT2D eigenvalue weighted by atomic mass is 79.9. The second-order valence-corrected chi connectivity index (χ2v) is 8.73. The number of hydrogen-bond donors (Lipinski definition) is 1. The molecule has 0 aliphatic carbocycles. The summed E-state index contributed by atoms with van der Waals surface area (Å²) in [7, 11) is 0. The minimum absolute atomic E-state index is 0.0883. The molecule has 0 bridgehead atoms. The number of carbonyl (C=O) groups is 1. The molecule has 1 saturated heterocycles. The van der Waals surface area contributed by atoms with Crippen molar-refractivity contribution < 1.29 is 9.32 Å². The van der Waals surface area contributed by atoms with Crippen molar-refractivity contribution in [2.75, 3.05) is 13.1 Å². The lowest BCUT2D eigenvalue weighted by molar-refractivity contribution is -0.127. The Morgan fingerprint density at radius 1 is 1.35 bits per heavy atom. The normalized spacial score (nSPS) is 16.6. The number of nitrogens with one attached hydrogen (secondary N) is 1. The maximum Gasteiger partial charge on any atom is 0.241 e. The van der Waals surface area contributed by atoms with Crippen LogP contribution in [0.3, 0.4) is 0 Å². The summed E-state index contributed by atoms with van der Waals surface area (Å²) in [6.07, 6.45) is 1.71. The van der Waals surface area contributed by atoms with Gasteiger partial charge in [-0.3, -0.25) is 9.69 Å². The van der Waals surface area contributed by atoms with Gasteiger partial charge in [-0.1, -0.05) is 33.2 Å². The molecule has 6 nitrogen and oxygen atoms in total. The first-order chi connectivity index (χ1) is 12.3. The van der Waals surface area contributed by atoms with Crippen molar-refractivity contribution in [2.24, 2.45) is 5.92 Å². The van der Waals surface area contributed by atoms with E-state index in [1.54, 1.807) is 0 Å². The van der Waals surface area contributed by atoms with Crippen LogP contribution in [0.15, 0.2) is 33.3 Å². The number of halogens is 1. The van der Waals surface area contributed by atoms with E-state index >= 15 is 0 Å². The van der Waals surface area contributed by atoms with Gasteiger partial charge in [-0.15, -0.1) is 0 Å². The molecular weight excluding hydrogens is 396 g/mol. The molecule has 2 aromatic rings. The molecule has 1 aromatic carbocycles. The summed E-state index contributed by atoms with van der Waals surface area (Å²) < 4.78 is 6.39. The van der Waals surface area contributed by atoms with Crippen LogP contribution in [0, 0.1) is 5.92 Å². The predicted octanol–water partition coefficient (Wildman–Crippen LogP) is 3.63. The Morgan fingerprint density at radius 3 is 2.73 bits per heavy atom. The maximum atomic E-state index is 12.3. The van der Waals surface area contributed by atoms with E-state index in [0.29, 0.717) is 18.3 Å². The number of rotatable bonds is 4. The molecular formula is C19H25BrN4O2. The molecule has 26 heavy (non-hydrogen) atoms. The van der Waals surface area contributed by atoms with E-state index in [1.165, 1.54) is 0 Å². The minimum atomic E-state index is -0.180. The van der Waals surface area contributed by atoms with Gasteiger partial charge in [0.1, 0.15) is 0 Å². The number of likely N-dealkylation sites (tertiary alicyclic amines) is 1. The fourth-order valence-electron chi connectivity index (χ4n) is 3.08. The number of piperidine rings is 1. The van der Waals surface area contributed by atoms with E-state index in [-0.39, 0.29) is 17.4 Å². The Bertz CT molecular complexity index is 761. The van der Waals surface area contributed by atoms with Crippen LogP contribution in [-0.4, -0.2) is 39.6 Å². The van der Waals surface area contributed by atoms with Gasteiger partial charge >= 0.3 is 0 Å². The highest BCUT2D eigenvalue weighted by molar-refractivity contribution is 9.10. The van der Waals surface area contributed by atoms with Gasteiger partial charge in [-0.25, -0.2) is 0 Å². The van der Waals surface area contributed by atoms with Crippen LogP contribution >= 0.6 is 15.9 Å². The molecule has 1 fully saturated rings. The summed E-state index contributed by atoms with van der Waals surface area (Å²) in [5, 5.41) is 7.16. The van der Waals surface area contributed by atoms with Crippen molar-refractivity contribution in [3.63, 3.8) is 0 Å². The Balaban J connectivity index is 1.53. The SMILES string of the molecule is CC(C)(C)NC(=O)C1CCN(Cc2nc(-c3cccc(Br)c3)no2)CC1. The van der Waals surface area contributed by atoms with Gasteiger partial charge in [0.25, 0.3) is 0 Å². The van der Waals surface area contributed by atoms with E-state index in [9.17, 15) is 4.79 Å². The highest BCUT2D eigenvalue weighted by Crippen LogP contribution is 2.22. The fourth-order valence-corrected chi connectivity index (χ4v) is 3.48. The quantitative estimate of drug-likeness (QED) is 0.817. The number of aromatic nitrogens is 2. The molecule has 7 heteroatoms. The lowest BCUT2D eigenvalue weighted by Gasteiger charge is -2.32. The molecule has 1 N–H and O–H groups in total. The van der Waals surface area contributed by atoms with Crippen molar-refractivity contribution in [2.45, 2.75) is 45.7 Å². The number of benzene rings is 1. The molecule has 1 aromatic heterocycles. The largest absolute Gasteiger partial charge is 0.351 e. The summed E-state index contributed by atoms with van der Waals surface area (Å²) in [4.78, 5) is 19.1. The van der Waals surface area contributed by atoms with Crippen LogP contribution in [0.2, 0.25) is 0 Å². The Labute approximate surface area is 162 Å². The molecule has 1 amide bonds. The zero-order valence-corrected chi connectivity index (χ0v) is 17.0. The Kier molecular flexibility index (Phi) is 5.77. The van der Waals surface area contributed by atoms with Gasteiger partial charge in [0.2, 0.25) is 17.6 Å². The summed E-state index contributed by atoms with van der Waals surface area (Å²) in [6.45, 7) is 8.37. The van der Waals surface area contributed by atoms with Gasteiger partial charge in [0.15, 0.2) is 0 Å². The van der Waals surface area contributed by atoms with Gasteiger partial charge < -0.3 is 9.84 Å². The molecule has 2 heterocycles. The zero-order chi connectivity index (χ0) is 18.7. The Morgan fingerprint density at radius 2 is 2.08 bits per heavy atom. The lowest BCUT2D eigenvalue weighted by Crippen LogP contribution is -2.46. The van der Waals surface area contributed by atoms with Gasteiger partial charge in [0.05, 0.1) is 6.54 Å². The highest BCUT2D eigenvalue weighted by Gasteiger charge is 2.28. The molecule has 0 spiro atoms. The topological polar surface area (TPSA) is 71.3 Å². The molecule has 3 rings (SSSR count). The summed E-state index contributed by atoms with van der Waals surface area (Å²) in [5.74, 6) is 1.45. The third-order valence-corrected chi connectivity index (χ3v) is 4.86. The molecule has 0 unspecified atom stereocenters. The van der Waals surface area contributed by atoms with Gasteiger partial charge in [-0.2, -0.15) is 4.98 Å². The van der Waals surface area contributed by atoms with Crippen molar-refractivity contribution in [3.8, 4) is 11.4 Å². The van der Waals surface area contributed by atoms with Crippen LogP contribution in [0.25, 0.3) is 11.4 Å². The average molecular weight is 421 g/mol. The van der Waals surface area contributed by atoms with E-state index in [2.05, 4.69) is 36.3 Å². The zero-order valence-electron chi connectivity index (χ0n) is 15.5. The smallest absolute Gasteiger partial charge is 0.241 e. The molecule has 1 aliphatic heterocycles. The van der Waals surface area contributed by atoms with Crippen LogP contribution in [0.5, 0.6) is 0 Å². The van der Waals surface area contributed by atoms with Crippen molar-refractivity contribution >= 4 is 21.8 Å². The first-order valence-corrected chi connectivity index (χ1v) is 9.72. The molecule has 0 atom stereocenters. The van der Waals surface area contributed by atoms with Crippen molar-refractivity contribution in [1.82, 2.24) is 20.4 Å². The molecule has 1 aliphatic rings. The Hall–Kier alpha value is -1.73. The van der Waals surface area contributed by atoms with Crippen LogP contribution in [0.1, 0.15) is 39.5 Å². The van der Waals surface area contributed by atoms with Gasteiger partial charge in [0, 0.05) is 21.5 Å². The van der Waals surface area contributed by atoms with E-state index < -0.39 is 0 Å². The monoisotopic (exact) mass is 420 g/mol. The number of amides is 1. The fraction of sp³-hybridized carbons (Fsp3) is 0.526. The van der Waals surface area contributed by atoms with Crippen LogP contribution in [0.4, 0.5) is 0 Å². The maximum absolute atomic E-state index is 12.3. The molecule has 140 valence electrons. The summed E-state index contributed by atoms with van der Waals surface area (Å²) >= 11 is 3.45. The van der Waals surface area contributed by atoms with Gasteiger partial charge in [-0.05, 0) is 58.8 Å². The van der Waals surface area contributed by atoms with E-state index in [1.807, 2.05) is 45.0 Å². The van der Waals surface area contributed by atoms with E-state index in [4.69, 9.17) is 4.52 Å². The second-order valence-electron chi connectivity index (χ2n) is 7.81. The lowest BCUT2D eigenvalue weighted by atomic mass is 9.94. The molecule has 0 radical (unpaired) electrons. The third-order valence-electron chi connectivity index (χ3n) is 4.37.